The fourth-order valence-corrected chi connectivity index (χ4v) is 10.1. The molecule has 1 aromatic rings. The van der Waals surface area contributed by atoms with Crippen LogP contribution in [0, 0.1) is 39.9 Å². The van der Waals surface area contributed by atoms with Crippen LogP contribution in [0.25, 0.3) is 0 Å². The Hall–Kier alpha value is -3.47. The highest BCUT2D eigenvalue weighted by atomic mass is 16.6. The van der Waals surface area contributed by atoms with Gasteiger partial charge in [-0.3, -0.25) is 14.4 Å². The maximum atomic E-state index is 14.9. The normalized spacial score (nSPS) is 41.8. The number of fused-ring (bicyclic) bond motifs is 5. The first-order chi connectivity index (χ1) is 21.1. The molecule has 2 saturated heterocycles. The molecule has 1 aromatic heterocycles. The van der Waals surface area contributed by atoms with Crippen molar-refractivity contribution >= 4 is 29.7 Å². The number of carbonyl (C=O) groups excluding carboxylic acids is 5. The van der Waals surface area contributed by atoms with Gasteiger partial charge in [0, 0.05) is 52.1 Å². The third-order valence-electron chi connectivity index (χ3n) is 12.0. The van der Waals surface area contributed by atoms with Crippen LogP contribution in [0.1, 0.15) is 79.4 Å². The first-order valence-corrected chi connectivity index (χ1v) is 15.6. The molecule has 11 nitrogen and oxygen atoms in total. The van der Waals surface area contributed by atoms with Crippen molar-refractivity contribution in [1.82, 2.24) is 0 Å². The summed E-state index contributed by atoms with van der Waals surface area (Å²) in [5, 5.41) is 0. The Kier molecular flexibility index (Phi) is 7.19. The predicted octanol–water partition coefficient (Wildman–Crippen LogP) is 4.28. The number of ether oxygens (including phenoxy) is 5. The molecule has 0 aromatic carbocycles. The van der Waals surface area contributed by atoms with Crippen molar-refractivity contribution in [3.63, 3.8) is 0 Å². The monoisotopic (exact) mass is 626 g/mol. The average molecular weight is 627 g/mol. The lowest BCUT2D eigenvalue weighted by molar-refractivity contribution is -0.234. The van der Waals surface area contributed by atoms with E-state index in [9.17, 15) is 24.0 Å². The molecular formula is C34H42O11. The van der Waals surface area contributed by atoms with E-state index in [4.69, 9.17) is 28.1 Å². The molecule has 45 heavy (non-hydrogen) atoms. The number of rotatable bonds is 6. The molecule has 11 heteroatoms. The molecular weight excluding hydrogens is 584 g/mol. The second-order valence-corrected chi connectivity index (χ2v) is 14.5. The van der Waals surface area contributed by atoms with Crippen LogP contribution in [-0.2, 0) is 47.7 Å². The lowest BCUT2D eigenvalue weighted by Crippen LogP contribution is -2.74. The zero-order valence-electron chi connectivity index (χ0n) is 27.0. The van der Waals surface area contributed by atoms with E-state index in [0.29, 0.717) is 18.4 Å². The van der Waals surface area contributed by atoms with Gasteiger partial charge in [-0.25, -0.2) is 9.59 Å². The van der Waals surface area contributed by atoms with Gasteiger partial charge >= 0.3 is 23.9 Å². The Labute approximate surface area is 262 Å². The van der Waals surface area contributed by atoms with Crippen molar-refractivity contribution in [1.29, 1.82) is 0 Å². The molecule has 2 bridgehead atoms. The summed E-state index contributed by atoms with van der Waals surface area (Å²) in [4.78, 5) is 67.4. The van der Waals surface area contributed by atoms with Crippen LogP contribution >= 0.6 is 0 Å². The number of cyclic esters (lactones) is 1. The molecule has 5 aliphatic rings. The number of epoxide rings is 1. The summed E-state index contributed by atoms with van der Waals surface area (Å²) >= 11 is 0. The van der Waals surface area contributed by atoms with Crippen molar-refractivity contribution in [3.8, 4) is 0 Å². The molecule has 3 saturated carbocycles. The standard InChI is InChI=1S/C34H42O11/c1-9-16(2)29(38)44-27-22-25(37)33(7,24(31(27,4)5)23(30(39)40-8)42-17(3)35)19-10-12-32(6)20(34(19)28(22)45-34)14-21(36)43-26(32)18-11-13-41-15-18/h9,11,13,15,19-20,22-24,26-28H,10,12,14H2,1-8H3/b16-9+/t19-,20-,22+,23+,24+,26+,27-,28-,32-,33-,34-/m1/s1. The summed E-state index contributed by atoms with van der Waals surface area (Å²) in [6, 6.07) is 1.79. The van der Waals surface area contributed by atoms with Gasteiger partial charge in [-0.05, 0) is 32.8 Å². The van der Waals surface area contributed by atoms with Gasteiger partial charge in [-0.15, -0.1) is 0 Å². The number of hydrogen-bond acceptors (Lipinski definition) is 11. The van der Waals surface area contributed by atoms with Gasteiger partial charge in [-0.2, -0.15) is 0 Å². The molecule has 2 aliphatic heterocycles. The van der Waals surface area contributed by atoms with Crippen LogP contribution in [0.5, 0.6) is 0 Å². The van der Waals surface area contributed by atoms with Gasteiger partial charge in [0.2, 0.25) is 6.10 Å². The summed E-state index contributed by atoms with van der Waals surface area (Å²) in [6.07, 6.45) is 2.24. The second kappa shape index (κ2) is 10.3. The van der Waals surface area contributed by atoms with E-state index in [1.807, 2.05) is 20.8 Å². The topological polar surface area (TPSA) is 148 Å². The SMILES string of the molecule is C/C=C(\C)C(=O)O[C@@H]1[C@@H]2C(=O)[C@](C)([C@H]3CC[C@]4(C)[C@@H](CC(=O)O[C@H]4c4ccoc4)[C@]34O[C@H]24)[C@@H]([C@H](OC(C)=O)C(=O)OC)C1(C)C. The number of allylic oxidation sites excluding steroid dienone is 1. The average Bonchev–Trinajstić information content (AvgIpc) is 3.43. The Balaban J connectivity index is 1.54. The van der Waals surface area contributed by atoms with E-state index < -0.39 is 81.9 Å². The van der Waals surface area contributed by atoms with Gasteiger partial charge in [0.05, 0.1) is 32.0 Å². The number of furan rings is 1. The van der Waals surface area contributed by atoms with E-state index in [1.54, 1.807) is 38.5 Å². The van der Waals surface area contributed by atoms with Gasteiger partial charge in [0.1, 0.15) is 29.7 Å². The van der Waals surface area contributed by atoms with Crippen molar-refractivity contribution in [3.05, 3.63) is 35.8 Å². The van der Waals surface area contributed by atoms with Gasteiger partial charge < -0.3 is 28.1 Å². The lowest BCUT2D eigenvalue weighted by atomic mass is 9.37. The van der Waals surface area contributed by atoms with Crippen molar-refractivity contribution < 1.29 is 52.1 Å². The van der Waals surface area contributed by atoms with Crippen LogP contribution in [0.2, 0.25) is 0 Å². The van der Waals surface area contributed by atoms with E-state index >= 15 is 0 Å². The molecule has 3 heterocycles. The van der Waals surface area contributed by atoms with Crippen LogP contribution < -0.4 is 0 Å². The third-order valence-corrected chi connectivity index (χ3v) is 12.0. The minimum absolute atomic E-state index is 0.0788. The number of ketones is 1. The summed E-state index contributed by atoms with van der Waals surface area (Å²) in [7, 11) is 1.20. The number of carbonyl (C=O) groups is 5. The molecule has 0 unspecified atom stereocenters. The smallest absolute Gasteiger partial charge is 0.347 e. The molecule has 0 amide bonds. The maximum Gasteiger partial charge on any atom is 0.347 e. The van der Waals surface area contributed by atoms with Crippen molar-refractivity contribution in [2.75, 3.05) is 7.11 Å². The van der Waals surface area contributed by atoms with Crippen LogP contribution in [-0.4, -0.2) is 60.7 Å². The second-order valence-electron chi connectivity index (χ2n) is 14.5. The van der Waals surface area contributed by atoms with Gasteiger partial charge in [0.25, 0.3) is 0 Å². The van der Waals surface area contributed by atoms with Gasteiger partial charge in [-0.1, -0.05) is 33.8 Å². The largest absolute Gasteiger partial charge is 0.472 e. The Morgan fingerprint density at radius 3 is 2.40 bits per heavy atom. The Morgan fingerprint density at radius 1 is 1.09 bits per heavy atom. The number of esters is 4. The first-order valence-electron chi connectivity index (χ1n) is 15.6. The molecule has 1 spiro atoms. The summed E-state index contributed by atoms with van der Waals surface area (Å²) in [5.41, 5.74) is -2.75. The highest BCUT2D eigenvalue weighted by Crippen LogP contribution is 2.77. The molecule has 11 atom stereocenters. The first kappa shape index (κ1) is 31.5. The fourth-order valence-electron chi connectivity index (χ4n) is 10.1. The van der Waals surface area contributed by atoms with E-state index in [1.165, 1.54) is 14.0 Å². The minimum atomic E-state index is -1.46. The minimum Gasteiger partial charge on any atom is -0.472 e. The van der Waals surface area contributed by atoms with Crippen molar-refractivity contribution in [2.45, 2.75) is 97.7 Å². The number of Topliss-reactive ketones (excluding diaryl/α,β-unsaturated/α-hetero) is 1. The molecule has 3 aliphatic carbocycles. The van der Waals surface area contributed by atoms with Gasteiger partial charge in [0.15, 0.2) is 0 Å². The molecule has 0 radical (unpaired) electrons. The molecule has 6 rings (SSSR count). The van der Waals surface area contributed by atoms with Crippen molar-refractivity contribution in [2.24, 2.45) is 39.9 Å². The lowest BCUT2D eigenvalue weighted by Gasteiger charge is -2.65. The predicted molar refractivity (Wildman–Crippen MR) is 155 cm³/mol. The fraction of sp³-hybridized carbons (Fsp3) is 0.676. The zero-order valence-corrected chi connectivity index (χ0v) is 27.0. The van der Waals surface area contributed by atoms with E-state index in [0.717, 1.165) is 5.56 Å². The van der Waals surface area contributed by atoms with Crippen LogP contribution in [0.4, 0.5) is 0 Å². The zero-order chi connectivity index (χ0) is 32.9. The number of methoxy groups -OCH3 is 1. The van der Waals surface area contributed by atoms with Crippen LogP contribution in [0.15, 0.2) is 34.7 Å². The highest BCUT2D eigenvalue weighted by molar-refractivity contribution is 5.95. The van der Waals surface area contributed by atoms with E-state index in [-0.39, 0.29) is 24.1 Å². The molecule has 0 N–H and O–H groups in total. The number of hydrogen-bond donors (Lipinski definition) is 0. The summed E-state index contributed by atoms with van der Waals surface area (Å²) in [6.45, 7) is 12.1. The summed E-state index contributed by atoms with van der Waals surface area (Å²) < 4.78 is 35.1. The van der Waals surface area contributed by atoms with Crippen LogP contribution in [0.3, 0.4) is 0 Å². The third kappa shape index (κ3) is 4.14. The maximum absolute atomic E-state index is 14.9. The summed E-state index contributed by atoms with van der Waals surface area (Å²) in [5.74, 6) is -5.33. The Bertz CT molecular complexity index is 1470. The molecule has 244 valence electrons. The molecule has 5 fully saturated rings. The Morgan fingerprint density at radius 2 is 1.80 bits per heavy atom. The quantitative estimate of drug-likeness (QED) is 0.193. The highest BCUT2D eigenvalue weighted by Gasteiger charge is 2.87. The van der Waals surface area contributed by atoms with E-state index in [2.05, 4.69) is 6.92 Å².